The van der Waals surface area contributed by atoms with Crippen LogP contribution in [0.3, 0.4) is 0 Å². The number of hydrogen-bond acceptors (Lipinski definition) is 5. The van der Waals surface area contributed by atoms with Gasteiger partial charge in [0.2, 0.25) is 0 Å². The van der Waals surface area contributed by atoms with Gasteiger partial charge in [0.15, 0.2) is 20.7 Å². The molecule has 0 bridgehead atoms. The number of Topliss-reactive ketones (excluding diaryl/α,β-unsaturated/α-hetero) is 2. The van der Waals surface area contributed by atoms with Crippen LogP contribution in [0.1, 0.15) is 65.7 Å². The summed E-state index contributed by atoms with van der Waals surface area (Å²) < 4.78 is 29.5. The number of ketones is 2. The molecule has 5 nitrogen and oxygen atoms in total. The fourth-order valence-electron chi connectivity index (χ4n) is 7.82. The first kappa shape index (κ1) is 24.8. The van der Waals surface area contributed by atoms with E-state index in [9.17, 15) is 14.4 Å². The number of fused-ring (bicyclic) bond motifs is 5. The molecule has 4 aliphatic carbocycles. The minimum Gasteiger partial charge on any atom is -0.457 e. The normalized spacial score (nSPS) is 42.6. The van der Waals surface area contributed by atoms with Crippen molar-refractivity contribution in [3.05, 3.63) is 11.6 Å². The van der Waals surface area contributed by atoms with E-state index in [2.05, 4.69) is 33.5 Å². The van der Waals surface area contributed by atoms with Gasteiger partial charge in [-0.15, -0.1) is 0 Å². The van der Waals surface area contributed by atoms with Gasteiger partial charge >= 0.3 is 5.97 Å². The third-order valence-corrected chi connectivity index (χ3v) is 10.3. The third kappa shape index (κ3) is 3.87. The minimum atomic E-state index is -2.11. The summed E-state index contributed by atoms with van der Waals surface area (Å²) in [5.41, 5.74) is -1.95. The summed E-state index contributed by atoms with van der Waals surface area (Å²) >= 11 is 0. The second-order valence-corrected chi connectivity index (χ2v) is 16.8. The van der Waals surface area contributed by atoms with Crippen LogP contribution >= 0.6 is 0 Å². The Hall–Kier alpha value is -1.34. The van der Waals surface area contributed by atoms with E-state index in [-0.39, 0.29) is 35.9 Å². The Morgan fingerprint density at radius 3 is 2.52 bits per heavy atom. The Labute approximate surface area is 198 Å². The van der Waals surface area contributed by atoms with Crippen LogP contribution in [0.15, 0.2) is 11.6 Å². The number of allylic oxidation sites excluding steroid dienone is 1. The van der Waals surface area contributed by atoms with E-state index in [1.54, 1.807) is 0 Å². The Morgan fingerprint density at radius 2 is 1.88 bits per heavy atom. The SMILES string of the molecule is CC(=O)OCC(=O)C1=CC[C@H]2[C@@H]3CCC4CC(=O)CC[C@]4(C)[C@@]3(F)C(O[Si](C)(C)C)C[C@]12C. The molecule has 0 amide bonds. The van der Waals surface area contributed by atoms with Gasteiger partial charge in [-0.25, -0.2) is 4.39 Å². The van der Waals surface area contributed by atoms with Gasteiger partial charge in [-0.05, 0) is 69.5 Å². The smallest absolute Gasteiger partial charge is 0.303 e. The Balaban J connectivity index is 1.74. The lowest BCUT2D eigenvalue weighted by molar-refractivity contribution is -0.232. The highest BCUT2D eigenvalue weighted by Gasteiger charge is 2.72. The second kappa shape index (κ2) is 8.11. The fourth-order valence-corrected chi connectivity index (χ4v) is 8.93. The highest BCUT2D eigenvalue weighted by Crippen LogP contribution is 2.69. The number of halogens is 1. The van der Waals surface area contributed by atoms with Gasteiger partial charge in [0.05, 0.1) is 6.10 Å². The van der Waals surface area contributed by atoms with Crippen molar-refractivity contribution in [2.45, 2.75) is 97.1 Å². The second-order valence-electron chi connectivity index (χ2n) is 12.3. The van der Waals surface area contributed by atoms with E-state index in [0.717, 1.165) is 12.8 Å². The molecule has 3 saturated carbocycles. The molecule has 0 saturated heterocycles. The van der Waals surface area contributed by atoms with Gasteiger partial charge in [-0.2, -0.15) is 0 Å². The van der Waals surface area contributed by atoms with Crippen LogP contribution in [-0.4, -0.2) is 44.2 Å². The van der Waals surface area contributed by atoms with Crippen molar-refractivity contribution in [1.29, 1.82) is 0 Å². The maximum absolute atomic E-state index is 17.9. The molecule has 0 aromatic carbocycles. The van der Waals surface area contributed by atoms with E-state index in [4.69, 9.17) is 9.16 Å². The summed E-state index contributed by atoms with van der Waals surface area (Å²) in [6, 6.07) is 0. The number of carbonyl (C=O) groups excluding carboxylic acids is 3. The van der Waals surface area contributed by atoms with Gasteiger partial charge in [0.25, 0.3) is 0 Å². The van der Waals surface area contributed by atoms with Gasteiger partial charge in [-0.3, -0.25) is 14.4 Å². The van der Waals surface area contributed by atoms with Crippen molar-refractivity contribution < 1.29 is 27.9 Å². The lowest BCUT2D eigenvalue weighted by Crippen LogP contribution is -2.70. The Bertz CT molecular complexity index is 894. The lowest BCUT2D eigenvalue weighted by Gasteiger charge is -2.66. The van der Waals surface area contributed by atoms with Crippen molar-refractivity contribution in [3.63, 3.8) is 0 Å². The third-order valence-electron chi connectivity index (χ3n) is 9.32. The van der Waals surface area contributed by atoms with E-state index in [1.165, 1.54) is 6.92 Å². The summed E-state index contributed by atoms with van der Waals surface area (Å²) in [4.78, 5) is 36.6. The summed E-state index contributed by atoms with van der Waals surface area (Å²) in [5, 5.41) is 0. The molecule has 7 atom stereocenters. The quantitative estimate of drug-likeness (QED) is 0.402. The standard InChI is InChI=1S/C26H39FO5Si/c1-16(28)31-15-22(30)21-10-9-19-20-8-7-17-13-18(29)11-12-25(17,3)26(20,27)23(14-24(19,21)2)32-33(4,5)6/h10,17,19-20,23H,7-9,11-15H2,1-6H3/t17?,19-,20-,23?,24-,25-,26-/m0/s1. The zero-order valence-corrected chi connectivity index (χ0v) is 22.0. The van der Waals surface area contributed by atoms with Crippen LogP contribution < -0.4 is 0 Å². The molecule has 4 rings (SSSR count). The largest absolute Gasteiger partial charge is 0.457 e. The zero-order valence-electron chi connectivity index (χ0n) is 21.0. The van der Waals surface area contributed by atoms with Crippen LogP contribution in [-0.2, 0) is 23.5 Å². The fraction of sp³-hybridized carbons (Fsp3) is 0.808. The number of rotatable bonds is 5. The van der Waals surface area contributed by atoms with E-state index in [1.807, 2.05) is 6.08 Å². The minimum absolute atomic E-state index is 0.00988. The molecule has 184 valence electrons. The first-order chi connectivity index (χ1) is 15.2. The Morgan fingerprint density at radius 1 is 1.18 bits per heavy atom. The highest BCUT2D eigenvalue weighted by atomic mass is 28.4. The number of alkyl halides is 1. The van der Waals surface area contributed by atoms with Crippen LogP contribution in [0.2, 0.25) is 19.6 Å². The summed E-state index contributed by atoms with van der Waals surface area (Å²) in [5.74, 6) is -0.567. The van der Waals surface area contributed by atoms with Crippen LogP contribution in [0, 0.1) is 28.6 Å². The number of carbonyl (C=O) groups is 3. The first-order valence-corrected chi connectivity index (χ1v) is 15.9. The van der Waals surface area contributed by atoms with Gasteiger partial charge in [-0.1, -0.05) is 19.9 Å². The first-order valence-electron chi connectivity index (χ1n) is 12.5. The predicted octanol–water partition coefficient (Wildman–Crippen LogP) is 5.19. The predicted molar refractivity (Wildman–Crippen MR) is 126 cm³/mol. The monoisotopic (exact) mass is 478 g/mol. The molecule has 0 aliphatic heterocycles. The summed E-state index contributed by atoms with van der Waals surface area (Å²) in [7, 11) is -2.11. The molecular weight excluding hydrogens is 439 g/mol. The number of esters is 1. The molecule has 33 heavy (non-hydrogen) atoms. The summed E-state index contributed by atoms with van der Waals surface area (Å²) in [6.07, 6.45) is 5.52. The van der Waals surface area contributed by atoms with E-state index < -0.39 is 36.9 Å². The topological polar surface area (TPSA) is 69.7 Å². The molecule has 0 aromatic rings. The molecule has 4 aliphatic rings. The van der Waals surface area contributed by atoms with Gasteiger partial charge in [0, 0.05) is 36.2 Å². The van der Waals surface area contributed by atoms with Crippen LogP contribution in [0.4, 0.5) is 4.39 Å². The van der Waals surface area contributed by atoms with Gasteiger partial charge in [0.1, 0.15) is 11.5 Å². The molecule has 7 heteroatoms. The van der Waals surface area contributed by atoms with Crippen molar-refractivity contribution in [2.75, 3.05) is 6.61 Å². The molecule has 2 unspecified atom stereocenters. The van der Waals surface area contributed by atoms with Crippen LogP contribution in [0.5, 0.6) is 0 Å². The number of ether oxygens (including phenoxy) is 1. The molecule has 0 aromatic heterocycles. The van der Waals surface area contributed by atoms with Crippen molar-refractivity contribution in [2.24, 2.45) is 28.6 Å². The van der Waals surface area contributed by atoms with Crippen molar-refractivity contribution in [1.82, 2.24) is 0 Å². The van der Waals surface area contributed by atoms with Crippen molar-refractivity contribution in [3.8, 4) is 0 Å². The van der Waals surface area contributed by atoms with Gasteiger partial charge < -0.3 is 9.16 Å². The van der Waals surface area contributed by atoms with E-state index >= 15 is 4.39 Å². The molecular formula is C26H39FO5Si. The van der Waals surface area contributed by atoms with Crippen LogP contribution in [0.25, 0.3) is 0 Å². The highest BCUT2D eigenvalue weighted by molar-refractivity contribution is 6.69. The van der Waals surface area contributed by atoms with E-state index in [0.29, 0.717) is 37.7 Å². The average Bonchev–Trinajstić information content (AvgIpc) is 3.03. The molecule has 3 fully saturated rings. The maximum atomic E-state index is 17.9. The van der Waals surface area contributed by atoms with Crippen molar-refractivity contribution >= 4 is 25.9 Å². The zero-order chi connectivity index (χ0) is 24.4. The molecule has 0 heterocycles. The molecule has 0 N–H and O–H groups in total. The Kier molecular flexibility index (Phi) is 6.09. The summed E-state index contributed by atoms with van der Waals surface area (Å²) in [6.45, 7) is 11.4. The number of hydrogen-bond donors (Lipinski definition) is 0. The lowest BCUT2D eigenvalue weighted by atomic mass is 9.42. The maximum Gasteiger partial charge on any atom is 0.303 e. The molecule has 0 spiro atoms. The molecule has 0 radical (unpaired) electrons. The average molecular weight is 479 g/mol.